The number of ketones is 1. The van der Waals surface area contributed by atoms with Crippen molar-refractivity contribution in [3.05, 3.63) is 71.4 Å². The number of rotatable bonds is 5. The summed E-state index contributed by atoms with van der Waals surface area (Å²) in [5, 5.41) is 3.40. The Kier molecular flexibility index (Phi) is 4.24. The smallest absolute Gasteiger partial charge is 0.161 e. The van der Waals surface area contributed by atoms with Gasteiger partial charge in [-0.2, -0.15) is 0 Å². The van der Waals surface area contributed by atoms with Crippen molar-refractivity contribution in [3.8, 4) is 5.75 Å². The SMILES string of the molecule is COc1ccc(NC2=C(Cc3ccccc3)C(=O)CC2)cc1. The Hall–Kier alpha value is -2.55. The van der Waals surface area contributed by atoms with E-state index in [1.807, 2.05) is 42.5 Å². The molecule has 0 saturated carbocycles. The van der Waals surface area contributed by atoms with E-state index in [9.17, 15) is 4.79 Å². The maximum Gasteiger partial charge on any atom is 0.161 e. The summed E-state index contributed by atoms with van der Waals surface area (Å²) in [5.74, 6) is 1.08. The van der Waals surface area contributed by atoms with Crippen LogP contribution in [0, 0.1) is 0 Å². The first kappa shape index (κ1) is 14.4. The summed E-state index contributed by atoms with van der Waals surface area (Å²) >= 11 is 0. The maximum atomic E-state index is 12.2. The van der Waals surface area contributed by atoms with Gasteiger partial charge in [0.25, 0.3) is 0 Å². The molecule has 0 fully saturated rings. The van der Waals surface area contributed by atoms with Crippen molar-refractivity contribution in [2.45, 2.75) is 19.3 Å². The van der Waals surface area contributed by atoms with Crippen LogP contribution in [0.2, 0.25) is 0 Å². The highest BCUT2D eigenvalue weighted by Gasteiger charge is 2.23. The molecule has 0 aliphatic heterocycles. The van der Waals surface area contributed by atoms with E-state index in [2.05, 4.69) is 17.4 Å². The third-order valence-electron chi connectivity index (χ3n) is 3.91. The zero-order valence-electron chi connectivity index (χ0n) is 12.6. The number of hydrogen-bond acceptors (Lipinski definition) is 3. The number of anilines is 1. The third-order valence-corrected chi connectivity index (χ3v) is 3.91. The molecule has 3 rings (SSSR count). The predicted molar refractivity (Wildman–Crippen MR) is 88.0 cm³/mol. The average Bonchev–Trinajstić information content (AvgIpc) is 2.90. The van der Waals surface area contributed by atoms with Crippen LogP contribution in [0.15, 0.2) is 65.9 Å². The minimum Gasteiger partial charge on any atom is -0.497 e. The molecule has 3 heteroatoms. The van der Waals surface area contributed by atoms with Gasteiger partial charge in [0, 0.05) is 29.8 Å². The maximum absolute atomic E-state index is 12.2. The molecule has 0 bridgehead atoms. The first-order chi connectivity index (χ1) is 10.8. The van der Waals surface area contributed by atoms with Gasteiger partial charge in [-0.15, -0.1) is 0 Å². The fourth-order valence-corrected chi connectivity index (χ4v) is 2.70. The minimum absolute atomic E-state index is 0.250. The number of benzene rings is 2. The van der Waals surface area contributed by atoms with Crippen LogP contribution in [-0.4, -0.2) is 12.9 Å². The van der Waals surface area contributed by atoms with Gasteiger partial charge in [-0.05, 0) is 36.2 Å². The highest BCUT2D eigenvalue weighted by Crippen LogP contribution is 2.28. The van der Waals surface area contributed by atoms with Crippen LogP contribution in [0.5, 0.6) is 5.75 Å². The standard InChI is InChI=1S/C19H19NO2/c1-22-16-9-7-15(8-10-16)20-18-11-12-19(21)17(18)13-14-5-3-2-4-6-14/h2-10,20H,11-13H2,1H3. The van der Waals surface area contributed by atoms with Crippen LogP contribution >= 0.6 is 0 Å². The second kappa shape index (κ2) is 6.48. The van der Waals surface area contributed by atoms with Gasteiger partial charge in [0.15, 0.2) is 5.78 Å². The lowest BCUT2D eigenvalue weighted by molar-refractivity contribution is -0.115. The molecule has 0 saturated heterocycles. The number of allylic oxidation sites excluding steroid dienone is 2. The average molecular weight is 293 g/mol. The monoisotopic (exact) mass is 293 g/mol. The first-order valence-electron chi connectivity index (χ1n) is 7.46. The van der Waals surface area contributed by atoms with Crippen molar-refractivity contribution in [2.75, 3.05) is 12.4 Å². The van der Waals surface area contributed by atoms with Crippen molar-refractivity contribution < 1.29 is 9.53 Å². The Bertz CT molecular complexity index is 687. The lowest BCUT2D eigenvalue weighted by atomic mass is 10.0. The molecule has 0 atom stereocenters. The number of Topliss-reactive ketones (excluding diaryl/α,β-unsaturated/α-hetero) is 1. The van der Waals surface area contributed by atoms with E-state index in [-0.39, 0.29) is 5.78 Å². The van der Waals surface area contributed by atoms with Crippen molar-refractivity contribution in [1.29, 1.82) is 0 Å². The van der Waals surface area contributed by atoms with E-state index in [0.717, 1.165) is 29.1 Å². The molecule has 1 N–H and O–H groups in total. The van der Waals surface area contributed by atoms with E-state index < -0.39 is 0 Å². The van der Waals surface area contributed by atoms with Gasteiger partial charge in [0.2, 0.25) is 0 Å². The number of ether oxygens (including phenoxy) is 1. The summed E-state index contributed by atoms with van der Waals surface area (Å²) in [6.45, 7) is 0. The molecule has 1 aliphatic rings. The molecule has 1 aliphatic carbocycles. The Labute approximate surface area is 130 Å². The van der Waals surface area contributed by atoms with Crippen LogP contribution in [0.3, 0.4) is 0 Å². The topological polar surface area (TPSA) is 38.3 Å². The molecule has 0 aromatic heterocycles. The highest BCUT2D eigenvalue weighted by molar-refractivity contribution is 5.99. The molecule has 112 valence electrons. The molecular formula is C19H19NO2. The molecule has 0 amide bonds. The predicted octanol–water partition coefficient (Wildman–Crippen LogP) is 3.97. The molecule has 0 radical (unpaired) electrons. The largest absolute Gasteiger partial charge is 0.497 e. The third kappa shape index (κ3) is 3.19. The molecule has 0 spiro atoms. The molecule has 0 unspecified atom stereocenters. The summed E-state index contributed by atoms with van der Waals surface area (Å²) in [7, 11) is 1.65. The summed E-state index contributed by atoms with van der Waals surface area (Å²) in [5.41, 5.74) is 4.10. The van der Waals surface area contributed by atoms with Crippen LogP contribution in [0.25, 0.3) is 0 Å². The molecule has 22 heavy (non-hydrogen) atoms. The van der Waals surface area contributed by atoms with Crippen LogP contribution in [0.4, 0.5) is 5.69 Å². The van der Waals surface area contributed by atoms with Gasteiger partial charge in [0.1, 0.15) is 5.75 Å². The van der Waals surface area contributed by atoms with Gasteiger partial charge in [-0.3, -0.25) is 4.79 Å². The van der Waals surface area contributed by atoms with Gasteiger partial charge >= 0.3 is 0 Å². The Balaban J connectivity index is 1.80. The lowest BCUT2D eigenvalue weighted by Gasteiger charge is -2.11. The zero-order chi connectivity index (χ0) is 15.4. The van der Waals surface area contributed by atoms with Crippen molar-refractivity contribution in [2.24, 2.45) is 0 Å². The van der Waals surface area contributed by atoms with Gasteiger partial charge in [-0.1, -0.05) is 30.3 Å². The summed E-state index contributed by atoms with van der Waals surface area (Å²) < 4.78 is 5.16. The second-order valence-corrected chi connectivity index (χ2v) is 5.40. The molecule has 0 heterocycles. The van der Waals surface area contributed by atoms with E-state index in [0.29, 0.717) is 12.8 Å². The summed E-state index contributed by atoms with van der Waals surface area (Å²) in [6.07, 6.45) is 2.08. The Morgan fingerprint density at radius 1 is 1.00 bits per heavy atom. The van der Waals surface area contributed by atoms with Crippen LogP contribution < -0.4 is 10.1 Å². The number of carbonyl (C=O) groups excluding carboxylic acids is 1. The minimum atomic E-state index is 0.250. The fraction of sp³-hybridized carbons (Fsp3) is 0.211. The normalized spacial score (nSPS) is 14.3. The van der Waals surface area contributed by atoms with Gasteiger partial charge < -0.3 is 10.1 Å². The van der Waals surface area contributed by atoms with E-state index >= 15 is 0 Å². The van der Waals surface area contributed by atoms with Crippen molar-refractivity contribution >= 4 is 11.5 Å². The highest BCUT2D eigenvalue weighted by atomic mass is 16.5. The van der Waals surface area contributed by atoms with Crippen LogP contribution in [0.1, 0.15) is 18.4 Å². The van der Waals surface area contributed by atoms with Gasteiger partial charge in [0.05, 0.1) is 7.11 Å². The number of nitrogens with one attached hydrogen (secondary N) is 1. The van der Waals surface area contributed by atoms with E-state index in [1.54, 1.807) is 7.11 Å². The number of methoxy groups -OCH3 is 1. The Morgan fingerprint density at radius 3 is 2.41 bits per heavy atom. The number of carbonyl (C=O) groups is 1. The zero-order valence-corrected chi connectivity index (χ0v) is 12.6. The first-order valence-corrected chi connectivity index (χ1v) is 7.46. The summed E-state index contributed by atoms with van der Waals surface area (Å²) in [4.78, 5) is 12.2. The molecule has 2 aromatic carbocycles. The second-order valence-electron chi connectivity index (χ2n) is 5.40. The molecule has 2 aromatic rings. The fourth-order valence-electron chi connectivity index (χ4n) is 2.70. The quantitative estimate of drug-likeness (QED) is 0.906. The number of hydrogen-bond donors (Lipinski definition) is 1. The molecule has 3 nitrogen and oxygen atoms in total. The lowest BCUT2D eigenvalue weighted by Crippen LogP contribution is -2.05. The van der Waals surface area contributed by atoms with E-state index in [4.69, 9.17) is 4.74 Å². The van der Waals surface area contributed by atoms with Gasteiger partial charge in [-0.25, -0.2) is 0 Å². The Morgan fingerprint density at radius 2 is 1.73 bits per heavy atom. The summed E-state index contributed by atoms with van der Waals surface area (Å²) in [6, 6.07) is 17.9. The van der Waals surface area contributed by atoms with Crippen LogP contribution in [-0.2, 0) is 11.2 Å². The molecular weight excluding hydrogens is 274 g/mol. The van der Waals surface area contributed by atoms with Crippen molar-refractivity contribution in [3.63, 3.8) is 0 Å². The van der Waals surface area contributed by atoms with E-state index in [1.165, 1.54) is 5.56 Å². The van der Waals surface area contributed by atoms with Crippen molar-refractivity contribution in [1.82, 2.24) is 0 Å².